The van der Waals surface area contributed by atoms with E-state index < -0.39 is 0 Å². The van der Waals surface area contributed by atoms with E-state index in [1.54, 1.807) is 13.3 Å². The molecule has 1 heterocycles. The molecule has 0 saturated carbocycles. The smallest absolute Gasteiger partial charge is 0.130 e. The molecule has 0 unspecified atom stereocenters. The lowest BCUT2D eigenvalue weighted by Crippen LogP contribution is -2.05. The number of aromatic nitrogens is 2. The monoisotopic (exact) mass is 243 g/mol. The summed E-state index contributed by atoms with van der Waals surface area (Å²) in [6.45, 7) is 3.91. The number of anilines is 1. The van der Waals surface area contributed by atoms with Gasteiger partial charge in [0.2, 0.25) is 0 Å². The molecule has 0 fully saturated rings. The summed E-state index contributed by atoms with van der Waals surface area (Å²) in [6.07, 6.45) is 1.79. The molecule has 1 aromatic carbocycles. The number of nitrogen functional groups attached to an aromatic ring is 1. The number of ether oxygens (including phenoxy) is 1. The lowest BCUT2D eigenvalue weighted by Gasteiger charge is -2.14. The summed E-state index contributed by atoms with van der Waals surface area (Å²) in [6, 6.07) is 7.94. The van der Waals surface area contributed by atoms with Gasteiger partial charge in [-0.2, -0.15) is 0 Å². The van der Waals surface area contributed by atoms with E-state index in [-0.39, 0.29) is 5.92 Å². The van der Waals surface area contributed by atoms with Gasteiger partial charge in [-0.25, -0.2) is 9.97 Å². The second-order valence-electron chi connectivity index (χ2n) is 4.26. The van der Waals surface area contributed by atoms with E-state index in [0.717, 1.165) is 16.9 Å². The Balaban J connectivity index is 2.37. The number of hydrogen-bond acceptors (Lipinski definition) is 4. The molecule has 0 saturated heterocycles. The van der Waals surface area contributed by atoms with Gasteiger partial charge in [-0.3, -0.25) is 0 Å². The Morgan fingerprint density at radius 2 is 2.11 bits per heavy atom. The van der Waals surface area contributed by atoms with Crippen LogP contribution in [0.1, 0.15) is 29.8 Å². The van der Waals surface area contributed by atoms with Crippen molar-refractivity contribution >= 4 is 5.82 Å². The zero-order valence-electron chi connectivity index (χ0n) is 10.8. The highest BCUT2D eigenvalue weighted by molar-refractivity contribution is 5.45. The summed E-state index contributed by atoms with van der Waals surface area (Å²) in [5, 5.41) is 0. The molecule has 0 bridgehead atoms. The Morgan fingerprint density at radius 1 is 1.33 bits per heavy atom. The second kappa shape index (κ2) is 5.04. The molecule has 4 nitrogen and oxygen atoms in total. The van der Waals surface area contributed by atoms with E-state index >= 15 is 0 Å². The average Bonchev–Trinajstić information content (AvgIpc) is 2.38. The third-order valence-electron chi connectivity index (χ3n) is 3.03. The van der Waals surface area contributed by atoms with Crippen molar-refractivity contribution in [3.63, 3.8) is 0 Å². The Hall–Kier alpha value is -2.10. The first kappa shape index (κ1) is 12.4. The van der Waals surface area contributed by atoms with Gasteiger partial charge in [0.1, 0.15) is 17.4 Å². The van der Waals surface area contributed by atoms with Gasteiger partial charge in [0.25, 0.3) is 0 Å². The topological polar surface area (TPSA) is 61.0 Å². The van der Waals surface area contributed by atoms with Crippen LogP contribution < -0.4 is 10.5 Å². The highest BCUT2D eigenvalue weighted by Gasteiger charge is 2.13. The van der Waals surface area contributed by atoms with E-state index in [2.05, 4.69) is 16.9 Å². The fourth-order valence-corrected chi connectivity index (χ4v) is 1.92. The first-order valence-electron chi connectivity index (χ1n) is 5.84. The average molecular weight is 243 g/mol. The molecular weight excluding hydrogens is 226 g/mol. The minimum Gasteiger partial charge on any atom is -0.497 e. The zero-order valence-corrected chi connectivity index (χ0v) is 10.8. The normalized spacial score (nSPS) is 12.2. The summed E-state index contributed by atoms with van der Waals surface area (Å²) in [5.74, 6) is 2.21. The van der Waals surface area contributed by atoms with Gasteiger partial charge in [-0.1, -0.05) is 19.1 Å². The van der Waals surface area contributed by atoms with E-state index in [1.165, 1.54) is 0 Å². The third-order valence-corrected chi connectivity index (χ3v) is 3.03. The van der Waals surface area contributed by atoms with Crippen LogP contribution in [0.2, 0.25) is 0 Å². The number of benzene rings is 1. The number of aryl methyl sites for hydroxylation is 1. The molecule has 0 aliphatic heterocycles. The van der Waals surface area contributed by atoms with Crippen LogP contribution in [0.4, 0.5) is 5.82 Å². The largest absolute Gasteiger partial charge is 0.497 e. The van der Waals surface area contributed by atoms with Crippen molar-refractivity contribution in [2.24, 2.45) is 0 Å². The molecule has 1 atom stereocenters. The van der Waals surface area contributed by atoms with Crippen molar-refractivity contribution in [2.75, 3.05) is 12.8 Å². The van der Waals surface area contributed by atoms with Gasteiger partial charge in [0.15, 0.2) is 0 Å². The fourth-order valence-electron chi connectivity index (χ4n) is 1.92. The standard InChI is InChI=1S/C14H17N3O/c1-9(11-5-4-6-12(7-11)18-3)13-8-16-10(2)17-14(13)15/h4-9H,1-3H3,(H2,15,16,17)/t9-/m0/s1. The Kier molecular flexibility index (Phi) is 3.46. The molecule has 1 aromatic heterocycles. The maximum atomic E-state index is 5.95. The van der Waals surface area contributed by atoms with Crippen molar-refractivity contribution in [2.45, 2.75) is 19.8 Å². The first-order valence-corrected chi connectivity index (χ1v) is 5.84. The molecule has 94 valence electrons. The van der Waals surface area contributed by atoms with Crippen LogP contribution in [0.15, 0.2) is 30.5 Å². The lowest BCUT2D eigenvalue weighted by molar-refractivity contribution is 0.414. The molecule has 2 aromatic rings. The van der Waals surface area contributed by atoms with E-state index in [4.69, 9.17) is 10.5 Å². The second-order valence-corrected chi connectivity index (χ2v) is 4.26. The number of hydrogen-bond donors (Lipinski definition) is 1. The van der Waals surface area contributed by atoms with Crippen LogP contribution in [0.25, 0.3) is 0 Å². The van der Waals surface area contributed by atoms with Crippen molar-refractivity contribution in [1.29, 1.82) is 0 Å². The number of rotatable bonds is 3. The molecular formula is C14H17N3O. The summed E-state index contributed by atoms with van der Waals surface area (Å²) in [5.41, 5.74) is 8.02. The molecule has 2 N–H and O–H groups in total. The van der Waals surface area contributed by atoms with E-state index in [9.17, 15) is 0 Å². The fraction of sp³-hybridized carbons (Fsp3) is 0.286. The van der Waals surface area contributed by atoms with Crippen molar-refractivity contribution in [3.8, 4) is 5.75 Å². The molecule has 4 heteroatoms. The van der Waals surface area contributed by atoms with Gasteiger partial charge < -0.3 is 10.5 Å². The zero-order chi connectivity index (χ0) is 13.1. The van der Waals surface area contributed by atoms with Gasteiger partial charge in [-0.05, 0) is 24.6 Å². The molecule has 2 rings (SSSR count). The highest BCUT2D eigenvalue weighted by atomic mass is 16.5. The van der Waals surface area contributed by atoms with Crippen molar-refractivity contribution < 1.29 is 4.74 Å². The summed E-state index contributed by atoms with van der Waals surface area (Å²) >= 11 is 0. The predicted molar refractivity (Wildman–Crippen MR) is 71.7 cm³/mol. The molecule has 18 heavy (non-hydrogen) atoms. The van der Waals surface area contributed by atoms with Gasteiger partial charge in [-0.15, -0.1) is 0 Å². The van der Waals surface area contributed by atoms with E-state index in [1.807, 2.05) is 31.2 Å². The Labute approximate surface area is 107 Å². The molecule has 0 spiro atoms. The summed E-state index contributed by atoms with van der Waals surface area (Å²) in [4.78, 5) is 8.40. The predicted octanol–water partition coefficient (Wildman–Crippen LogP) is 2.53. The van der Waals surface area contributed by atoms with Crippen molar-refractivity contribution in [3.05, 3.63) is 47.4 Å². The Morgan fingerprint density at radius 3 is 2.78 bits per heavy atom. The van der Waals surface area contributed by atoms with Gasteiger partial charge in [0.05, 0.1) is 7.11 Å². The minimum absolute atomic E-state index is 0.140. The highest BCUT2D eigenvalue weighted by Crippen LogP contribution is 2.28. The van der Waals surface area contributed by atoms with Crippen LogP contribution in [-0.4, -0.2) is 17.1 Å². The number of methoxy groups -OCH3 is 1. The third kappa shape index (κ3) is 2.42. The van der Waals surface area contributed by atoms with Crippen molar-refractivity contribution in [1.82, 2.24) is 9.97 Å². The summed E-state index contributed by atoms with van der Waals surface area (Å²) in [7, 11) is 1.66. The molecule has 0 aliphatic rings. The molecule has 0 amide bonds. The SMILES string of the molecule is COc1cccc([C@H](C)c2cnc(C)nc2N)c1. The van der Waals surface area contributed by atoms with Gasteiger partial charge >= 0.3 is 0 Å². The van der Waals surface area contributed by atoms with Crippen LogP contribution >= 0.6 is 0 Å². The van der Waals surface area contributed by atoms with Crippen LogP contribution in [-0.2, 0) is 0 Å². The van der Waals surface area contributed by atoms with Crippen LogP contribution in [0.5, 0.6) is 5.75 Å². The van der Waals surface area contributed by atoms with E-state index in [0.29, 0.717) is 11.6 Å². The number of nitrogens with zero attached hydrogens (tertiary/aromatic N) is 2. The minimum atomic E-state index is 0.140. The number of nitrogens with two attached hydrogens (primary N) is 1. The molecule has 0 radical (unpaired) electrons. The van der Waals surface area contributed by atoms with Crippen LogP contribution in [0.3, 0.4) is 0 Å². The maximum absolute atomic E-state index is 5.95. The summed E-state index contributed by atoms with van der Waals surface area (Å²) < 4.78 is 5.23. The van der Waals surface area contributed by atoms with Gasteiger partial charge in [0, 0.05) is 17.7 Å². The lowest BCUT2D eigenvalue weighted by atomic mass is 9.94. The molecule has 0 aliphatic carbocycles. The quantitative estimate of drug-likeness (QED) is 0.899. The maximum Gasteiger partial charge on any atom is 0.130 e. The first-order chi connectivity index (χ1) is 8.61. The Bertz CT molecular complexity index is 554. The van der Waals surface area contributed by atoms with Crippen LogP contribution in [0, 0.1) is 6.92 Å².